The summed E-state index contributed by atoms with van der Waals surface area (Å²) >= 11 is 3.09. The SMILES string of the molecule is Cc1cc(Br)c(F)cc1N1CCOC1=O. The third-order valence-corrected chi connectivity index (χ3v) is 2.90. The van der Waals surface area contributed by atoms with E-state index in [0.717, 1.165) is 5.56 Å². The van der Waals surface area contributed by atoms with Gasteiger partial charge in [0.2, 0.25) is 0 Å². The normalized spacial score (nSPS) is 15.7. The smallest absolute Gasteiger partial charge is 0.414 e. The van der Waals surface area contributed by atoms with Gasteiger partial charge in [-0.05, 0) is 40.5 Å². The van der Waals surface area contributed by atoms with Crippen molar-refractivity contribution in [3.8, 4) is 0 Å². The summed E-state index contributed by atoms with van der Waals surface area (Å²) < 4.78 is 18.5. The van der Waals surface area contributed by atoms with Crippen LogP contribution in [0.25, 0.3) is 0 Å². The summed E-state index contributed by atoms with van der Waals surface area (Å²) in [5.74, 6) is -0.379. The Balaban J connectivity index is 2.43. The van der Waals surface area contributed by atoms with E-state index in [1.165, 1.54) is 11.0 Å². The highest BCUT2D eigenvalue weighted by Gasteiger charge is 2.25. The Morgan fingerprint density at radius 1 is 1.53 bits per heavy atom. The molecule has 3 nitrogen and oxygen atoms in total. The fraction of sp³-hybridized carbons (Fsp3) is 0.300. The topological polar surface area (TPSA) is 29.5 Å². The Kier molecular flexibility index (Phi) is 2.65. The Morgan fingerprint density at radius 3 is 2.87 bits per heavy atom. The zero-order valence-electron chi connectivity index (χ0n) is 8.09. The van der Waals surface area contributed by atoms with Crippen LogP contribution in [-0.4, -0.2) is 19.2 Å². The van der Waals surface area contributed by atoms with Crippen LogP contribution in [0.4, 0.5) is 14.9 Å². The molecule has 0 radical (unpaired) electrons. The van der Waals surface area contributed by atoms with Gasteiger partial charge in [0.15, 0.2) is 0 Å². The third kappa shape index (κ3) is 1.84. The molecular formula is C10H9BrFNO2. The molecule has 0 N–H and O–H groups in total. The van der Waals surface area contributed by atoms with Gasteiger partial charge in [-0.3, -0.25) is 4.90 Å². The van der Waals surface area contributed by atoms with Gasteiger partial charge in [0, 0.05) is 0 Å². The lowest BCUT2D eigenvalue weighted by molar-refractivity contribution is 0.181. The first-order chi connectivity index (χ1) is 7.09. The minimum absolute atomic E-state index is 0.357. The lowest BCUT2D eigenvalue weighted by Crippen LogP contribution is -2.24. The summed E-state index contributed by atoms with van der Waals surface area (Å²) in [4.78, 5) is 12.7. The molecule has 1 saturated heterocycles. The number of benzene rings is 1. The molecule has 1 heterocycles. The van der Waals surface area contributed by atoms with Crippen LogP contribution in [0.15, 0.2) is 16.6 Å². The van der Waals surface area contributed by atoms with Crippen molar-refractivity contribution < 1.29 is 13.9 Å². The average molecular weight is 274 g/mol. The Bertz CT molecular complexity index is 422. The summed E-state index contributed by atoms with van der Waals surface area (Å²) in [5, 5.41) is 0. The van der Waals surface area contributed by atoms with Crippen LogP contribution in [0.1, 0.15) is 5.56 Å². The van der Waals surface area contributed by atoms with Crippen molar-refractivity contribution in [2.24, 2.45) is 0 Å². The molecule has 15 heavy (non-hydrogen) atoms. The molecular weight excluding hydrogens is 265 g/mol. The molecule has 1 aliphatic heterocycles. The number of anilines is 1. The third-order valence-electron chi connectivity index (χ3n) is 2.29. The number of nitrogens with zero attached hydrogens (tertiary/aromatic N) is 1. The zero-order valence-corrected chi connectivity index (χ0v) is 9.67. The monoisotopic (exact) mass is 273 g/mol. The molecule has 0 aliphatic carbocycles. The van der Waals surface area contributed by atoms with Gasteiger partial charge in [0.1, 0.15) is 12.4 Å². The first kappa shape index (κ1) is 10.4. The maximum Gasteiger partial charge on any atom is 0.414 e. The maximum absolute atomic E-state index is 13.3. The fourth-order valence-electron chi connectivity index (χ4n) is 1.54. The van der Waals surface area contributed by atoms with Crippen LogP contribution in [0.2, 0.25) is 0 Å². The van der Waals surface area contributed by atoms with Crippen molar-refractivity contribution in [2.75, 3.05) is 18.1 Å². The van der Waals surface area contributed by atoms with Gasteiger partial charge in [-0.15, -0.1) is 0 Å². The molecule has 80 valence electrons. The van der Waals surface area contributed by atoms with Gasteiger partial charge in [-0.1, -0.05) is 0 Å². The second kappa shape index (κ2) is 3.81. The van der Waals surface area contributed by atoms with E-state index in [9.17, 15) is 9.18 Å². The second-order valence-electron chi connectivity index (χ2n) is 3.32. The Morgan fingerprint density at radius 2 is 2.27 bits per heavy atom. The highest BCUT2D eigenvalue weighted by molar-refractivity contribution is 9.10. The highest BCUT2D eigenvalue weighted by atomic mass is 79.9. The molecule has 1 fully saturated rings. The minimum Gasteiger partial charge on any atom is -0.447 e. The molecule has 1 aromatic carbocycles. The maximum atomic E-state index is 13.3. The quantitative estimate of drug-likeness (QED) is 0.788. The Hall–Kier alpha value is -1.10. The molecule has 0 unspecified atom stereocenters. The molecule has 0 aromatic heterocycles. The summed E-state index contributed by atoms with van der Waals surface area (Å²) in [6, 6.07) is 2.99. The number of cyclic esters (lactones) is 1. The first-order valence-electron chi connectivity index (χ1n) is 4.49. The summed E-state index contributed by atoms with van der Waals surface area (Å²) in [6.07, 6.45) is -0.417. The van der Waals surface area contributed by atoms with Crippen molar-refractivity contribution in [1.82, 2.24) is 0 Å². The standard InChI is InChI=1S/C10H9BrFNO2/c1-6-4-7(11)8(12)5-9(6)13-2-3-15-10(13)14/h4-5H,2-3H2,1H3. The second-order valence-corrected chi connectivity index (χ2v) is 4.17. The van der Waals surface area contributed by atoms with E-state index in [-0.39, 0.29) is 5.82 Å². The van der Waals surface area contributed by atoms with Crippen LogP contribution >= 0.6 is 15.9 Å². The largest absolute Gasteiger partial charge is 0.447 e. The van der Waals surface area contributed by atoms with Crippen molar-refractivity contribution in [1.29, 1.82) is 0 Å². The highest BCUT2D eigenvalue weighted by Crippen LogP contribution is 2.28. The van der Waals surface area contributed by atoms with Crippen molar-refractivity contribution in [3.63, 3.8) is 0 Å². The van der Waals surface area contributed by atoms with Crippen LogP contribution in [-0.2, 0) is 4.74 Å². The predicted molar refractivity (Wildman–Crippen MR) is 57.5 cm³/mol. The lowest BCUT2D eigenvalue weighted by Gasteiger charge is -2.15. The Labute approximate surface area is 95.0 Å². The number of ether oxygens (including phenoxy) is 1. The molecule has 1 aliphatic rings. The van der Waals surface area contributed by atoms with Crippen LogP contribution in [0.3, 0.4) is 0 Å². The number of amides is 1. The van der Waals surface area contributed by atoms with Gasteiger partial charge in [-0.2, -0.15) is 0 Å². The van der Waals surface area contributed by atoms with Gasteiger partial charge >= 0.3 is 6.09 Å². The van der Waals surface area contributed by atoms with Crippen molar-refractivity contribution >= 4 is 27.7 Å². The summed E-state index contributed by atoms with van der Waals surface area (Å²) in [7, 11) is 0. The van der Waals surface area contributed by atoms with E-state index in [0.29, 0.717) is 23.3 Å². The molecule has 0 saturated carbocycles. The van der Waals surface area contributed by atoms with Crippen LogP contribution < -0.4 is 4.90 Å². The van der Waals surface area contributed by atoms with E-state index in [1.54, 1.807) is 6.07 Å². The van der Waals surface area contributed by atoms with E-state index >= 15 is 0 Å². The van der Waals surface area contributed by atoms with Crippen molar-refractivity contribution in [2.45, 2.75) is 6.92 Å². The number of aryl methyl sites for hydroxylation is 1. The number of carbonyl (C=O) groups is 1. The van der Waals surface area contributed by atoms with E-state index in [2.05, 4.69) is 15.9 Å². The zero-order chi connectivity index (χ0) is 11.0. The fourth-order valence-corrected chi connectivity index (χ4v) is 2.00. The van der Waals surface area contributed by atoms with E-state index in [4.69, 9.17) is 4.74 Å². The number of carbonyl (C=O) groups excluding carboxylic acids is 1. The minimum atomic E-state index is -0.417. The molecule has 2 rings (SSSR count). The number of hydrogen-bond acceptors (Lipinski definition) is 2. The van der Waals surface area contributed by atoms with Gasteiger partial charge < -0.3 is 4.74 Å². The molecule has 5 heteroatoms. The van der Waals surface area contributed by atoms with Crippen LogP contribution in [0, 0.1) is 12.7 Å². The first-order valence-corrected chi connectivity index (χ1v) is 5.29. The molecule has 0 atom stereocenters. The van der Waals surface area contributed by atoms with Crippen LogP contribution in [0.5, 0.6) is 0 Å². The van der Waals surface area contributed by atoms with Gasteiger partial charge in [0.05, 0.1) is 16.7 Å². The van der Waals surface area contributed by atoms with Gasteiger partial charge in [0.25, 0.3) is 0 Å². The molecule has 0 spiro atoms. The number of rotatable bonds is 1. The molecule has 0 bridgehead atoms. The number of hydrogen-bond donors (Lipinski definition) is 0. The lowest BCUT2D eigenvalue weighted by atomic mass is 10.2. The molecule has 1 amide bonds. The summed E-state index contributed by atoms with van der Waals surface area (Å²) in [6.45, 7) is 2.65. The number of halogens is 2. The van der Waals surface area contributed by atoms with E-state index < -0.39 is 6.09 Å². The predicted octanol–water partition coefficient (Wildman–Crippen LogP) is 2.85. The van der Waals surface area contributed by atoms with E-state index in [1.807, 2.05) is 6.92 Å². The van der Waals surface area contributed by atoms with Gasteiger partial charge in [-0.25, -0.2) is 9.18 Å². The van der Waals surface area contributed by atoms with Crippen molar-refractivity contribution in [3.05, 3.63) is 28.0 Å². The average Bonchev–Trinajstić information content (AvgIpc) is 2.58. The molecule has 1 aromatic rings. The summed E-state index contributed by atoms with van der Waals surface area (Å²) in [5.41, 5.74) is 1.40.